The Bertz CT molecular complexity index is 575. The number of furan rings is 1. The van der Waals surface area contributed by atoms with Crippen LogP contribution in [0.4, 0.5) is 0 Å². The first-order valence-corrected chi connectivity index (χ1v) is 7.10. The van der Waals surface area contributed by atoms with Crippen LogP contribution in [-0.2, 0) is 11.2 Å². The summed E-state index contributed by atoms with van der Waals surface area (Å²) in [5.41, 5.74) is 0.634. The van der Waals surface area contributed by atoms with E-state index >= 15 is 0 Å². The van der Waals surface area contributed by atoms with Crippen molar-refractivity contribution in [1.82, 2.24) is 15.6 Å². The number of rotatable bonds is 7. The smallest absolute Gasteiger partial charge is 0.263 e. The molecule has 0 spiro atoms. The van der Waals surface area contributed by atoms with Crippen molar-refractivity contribution >= 4 is 5.91 Å². The normalized spacial score (nSPS) is 12.3. The molecule has 0 bridgehead atoms. The minimum absolute atomic E-state index is 0.0675. The van der Waals surface area contributed by atoms with E-state index in [1.165, 1.54) is 0 Å². The molecule has 2 rings (SSSR count). The number of hydrogen-bond donors (Lipinski definition) is 2. The Morgan fingerprint density at radius 1 is 1.48 bits per heavy atom. The van der Waals surface area contributed by atoms with Gasteiger partial charge >= 0.3 is 0 Å². The Kier molecular flexibility index (Phi) is 5.16. The average Bonchev–Trinajstić information content (AvgIpc) is 3.07. The molecule has 6 nitrogen and oxygen atoms in total. The molecular formula is C15H21N3O3. The van der Waals surface area contributed by atoms with E-state index in [1.54, 1.807) is 25.3 Å². The average molecular weight is 291 g/mol. The van der Waals surface area contributed by atoms with Crippen LogP contribution in [0.5, 0.6) is 0 Å². The fraction of sp³-hybridized carbons (Fsp3) is 0.467. The summed E-state index contributed by atoms with van der Waals surface area (Å²) in [7, 11) is 0. The first-order chi connectivity index (χ1) is 10.1. The highest BCUT2D eigenvalue weighted by molar-refractivity contribution is 5.78. The highest BCUT2D eigenvalue weighted by Gasteiger charge is 2.16. The molecule has 114 valence electrons. The van der Waals surface area contributed by atoms with E-state index in [-0.39, 0.29) is 18.4 Å². The van der Waals surface area contributed by atoms with Crippen LogP contribution in [0.15, 0.2) is 27.2 Å². The molecule has 2 aromatic heterocycles. The van der Waals surface area contributed by atoms with E-state index in [9.17, 15) is 4.79 Å². The lowest BCUT2D eigenvalue weighted by Gasteiger charge is -2.12. The lowest BCUT2D eigenvalue weighted by Crippen LogP contribution is -2.39. The number of aryl methyl sites for hydroxylation is 1. The van der Waals surface area contributed by atoms with E-state index < -0.39 is 0 Å². The van der Waals surface area contributed by atoms with E-state index in [2.05, 4.69) is 15.6 Å². The first-order valence-electron chi connectivity index (χ1n) is 7.10. The van der Waals surface area contributed by atoms with Gasteiger partial charge in [0, 0.05) is 12.6 Å². The maximum absolute atomic E-state index is 11.9. The van der Waals surface area contributed by atoms with Gasteiger partial charge < -0.3 is 19.5 Å². The topological polar surface area (TPSA) is 80.3 Å². The molecule has 21 heavy (non-hydrogen) atoms. The fourth-order valence-corrected chi connectivity index (χ4v) is 2.00. The highest BCUT2D eigenvalue weighted by atomic mass is 16.4. The van der Waals surface area contributed by atoms with Crippen LogP contribution in [-0.4, -0.2) is 30.0 Å². The number of carbonyl (C=O) groups excluding carboxylic acids is 1. The molecule has 1 atom stereocenters. The lowest BCUT2D eigenvalue weighted by molar-refractivity contribution is -0.120. The number of oxazole rings is 1. The summed E-state index contributed by atoms with van der Waals surface area (Å²) in [6.45, 7) is 7.33. The number of hydrogen-bond acceptors (Lipinski definition) is 5. The Hall–Kier alpha value is -2.08. The van der Waals surface area contributed by atoms with Gasteiger partial charge in [-0.1, -0.05) is 6.92 Å². The fourth-order valence-electron chi connectivity index (χ4n) is 2.00. The van der Waals surface area contributed by atoms with Gasteiger partial charge in [0.15, 0.2) is 5.76 Å². The third-order valence-electron chi connectivity index (χ3n) is 3.11. The molecule has 2 aromatic rings. The van der Waals surface area contributed by atoms with Crippen molar-refractivity contribution in [2.24, 2.45) is 0 Å². The van der Waals surface area contributed by atoms with Crippen molar-refractivity contribution in [2.75, 3.05) is 13.1 Å². The summed E-state index contributed by atoms with van der Waals surface area (Å²) < 4.78 is 10.8. The predicted molar refractivity (Wildman–Crippen MR) is 78.8 cm³/mol. The molecule has 0 aliphatic heterocycles. The molecule has 0 saturated carbocycles. The largest absolute Gasteiger partial charge is 0.459 e. The Labute approximate surface area is 123 Å². The minimum atomic E-state index is -0.0675. The van der Waals surface area contributed by atoms with Gasteiger partial charge in [0.1, 0.15) is 5.76 Å². The summed E-state index contributed by atoms with van der Waals surface area (Å²) in [4.78, 5) is 16.2. The number of nitrogens with zero attached hydrogens (tertiary/aromatic N) is 1. The standard InChI is InChI=1S/C15H21N3O3/c1-4-16-10(2)9-17-14(19)8-12-11(3)21-15(18-12)13-6-5-7-20-13/h5-7,10,16H,4,8-9H2,1-3H3,(H,17,19)/t10-/m1/s1. The summed E-state index contributed by atoms with van der Waals surface area (Å²) >= 11 is 0. The molecule has 1 amide bonds. The van der Waals surface area contributed by atoms with Gasteiger partial charge in [0.05, 0.1) is 18.4 Å². The van der Waals surface area contributed by atoms with Gasteiger partial charge in [0.2, 0.25) is 5.91 Å². The van der Waals surface area contributed by atoms with E-state index in [1.807, 2.05) is 13.8 Å². The molecule has 6 heteroatoms. The van der Waals surface area contributed by atoms with Crippen molar-refractivity contribution in [2.45, 2.75) is 33.2 Å². The number of carbonyl (C=O) groups is 1. The Balaban J connectivity index is 1.92. The van der Waals surface area contributed by atoms with Gasteiger partial charge in [-0.2, -0.15) is 0 Å². The van der Waals surface area contributed by atoms with Crippen molar-refractivity contribution in [3.8, 4) is 11.7 Å². The number of amides is 1. The number of likely N-dealkylation sites (N-methyl/N-ethyl adjacent to an activating group) is 1. The number of aromatic nitrogens is 1. The highest BCUT2D eigenvalue weighted by Crippen LogP contribution is 2.22. The van der Waals surface area contributed by atoms with Crippen molar-refractivity contribution in [3.05, 3.63) is 29.9 Å². The van der Waals surface area contributed by atoms with E-state index in [0.29, 0.717) is 29.6 Å². The quantitative estimate of drug-likeness (QED) is 0.814. The predicted octanol–water partition coefficient (Wildman–Crippen LogP) is 1.90. The van der Waals surface area contributed by atoms with Crippen LogP contribution in [0, 0.1) is 6.92 Å². The molecule has 0 unspecified atom stereocenters. The third kappa shape index (κ3) is 4.19. The SMILES string of the molecule is CCN[C@H](C)CNC(=O)Cc1nc(-c2ccco2)oc1C. The minimum Gasteiger partial charge on any atom is -0.459 e. The van der Waals surface area contributed by atoms with Crippen LogP contribution in [0.2, 0.25) is 0 Å². The van der Waals surface area contributed by atoms with Gasteiger partial charge in [-0.25, -0.2) is 4.98 Å². The zero-order valence-corrected chi connectivity index (χ0v) is 12.6. The van der Waals surface area contributed by atoms with Gasteiger partial charge in [-0.05, 0) is 32.5 Å². The zero-order chi connectivity index (χ0) is 15.2. The second-order valence-corrected chi connectivity index (χ2v) is 4.94. The molecule has 0 aromatic carbocycles. The van der Waals surface area contributed by atoms with Crippen LogP contribution in [0.3, 0.4) is 0 Å². The molecule has 0 aliphatic carbocycles. The van der Waals surface area contributed by atoms with Crippen molar-refractivity contribution < 1.29 is 13.6 Å². The van der Waals surface area contributed by atoms with Crippen molar-refractivity contribution in [3.63, 3.8) is 0 Å². The van der Waals surface area contributed by atoms with Crippen molar-refractivity contribution in [1.29, 1.82) is 0 Å². The Morgan fingerprint density at radius 3 is 2.95 bits per heavy atom. The summed E-state index contributed by atoms with van der Waals surface area (Å²) in [6, 6.07) is 3.78. The summed E-state index contributed by atoms with van der Waals surface area (Å²) in [5.74, 6) is 1.53. The van der Waals surface area contributed by atoms with Gasteiger partial charge in [0.25, 0.3) is 5.89 Å². The van der Waals surface area contributed by atoms with Crippen LogP contribution < -0.4 is 10.6 Å². The molecule has 0 aliphatic rings. The molecular weight excluding hydrogens is 270 g/mol. The van der Waals surface area contributed by atoms with E-state index in [0.717, 1.165) is 6.54 Å². The molecule has 0 radical (unpaired) electrons. The molecule has 2 N–H and O–H groups in total. The molecule has 0 fully saturated rings. The third-order valence-corrected chi connectivity index (χ3v) is 3.11. The summed E-state index contributed by atoms with van der Waals surface area (Å²) in [6.07, 6.45) is 1.76. The zero-order valence-electron chi connectivity index (χ0n) is 12.6. The van der Waals surface area contributed by atoms with E-state index in [4.69, 9.17) is 8.83 Å². The second-order valence-electron chi connectivity index (χ2n) is 4.94. The molecule has 2 heterocycles. The number of nitrogens with one attached hydrogen (secondary N) is 2. The maximum Gasteiger partial charge on any atom is 0.263 e. The van der Waals surface area contributed by atoms with Crippen LogP contribution in [0.1, 0.15) is 25.3 Å². The van der Waals surface area contributed by atoms with Crippen LogP contribution in [0.25, 0.3) is 11.7 Å². The molecule has 0 saturated heterocycles. The maximum atomic E-state index is 11.9. The summed E-state index contributed by atoms with van der Waals surface area (Å²) in [5, 5.41) is 6.12. The monoisotopic (exact) mass is 291 g/mol. The van der Waals surface area contributed by atoms with Gasteiger partial charge in [-0.15, -0.1) is 0 Å². The van der Waals surface area contributed by atoms with Crippen LogP contribution >= 0.6 is 0 Å². The van der Waals surface area contributed by atoms with Gasteiger partial charge in [-0.3, -0.25) is 4.79 Å². The first kappa shape index (κ1) is 15.3. The second kappa shape index (κ2) is 7.08. The lowest BCUT2D eigenvalue weighted by atomic mass is 10.2. The Morgan fingerprint density at radius 2 is 2.29 bits per heavy atom.